The van der Waals surface area contributed by atoms with E-state index in [1.807, 2.05) is 5.57 Å². The second-order valence-corrected chi connectivity index (χ2v) is 4.83. The van der Waals surface area contributed by atoms with E-state index in [2.05, 4.69) is 19.9 Å². The maximum absolute atomic E-state index is 2.56. The molecule has 1 spiro atoms. The van der Waals surface area contributed by atoms with Crippen LogP contribution in [-0.4, -0.2) is 0 Å². The maximum Gasteiger partial charge on any atom is -0.00164 e. The predicted octanol–water partition coefficient (Wildman–Crippen LogP) is 3.00. The molecular formula is C11H16. The first-order valence-electron chi connectivity index (χ1n) is 4.98. The molecule has 3 rings (SSSR count). The molecule has 3 aliphatic rings. The van der Waals surface area contributed by atoms with Crippen LogP contribution >= 0.6 is 0 Å². The van der Waals surface area contributed by atoms with Crippen LogP contribution in [0.25, 0.3) is 0 Å². The molecule has 3 unspecified atom stereocenters. The van der Waals surface area contributed by atoms with Gasteiger partial charge in [-0.1, -0.05) is 31.9 Å². The van der Waals surface area contributed by atoms with E-state index < -0.39 is 0 Å². The highest BCUT2D eigenvalue weighted by Gasteiger charge is 2.66. The van der Waals surface area contributed by atoms with Crippen LogP contribution in [0.5, 0.6) is 0 Å². The minimum atomic E-state index is 0.798. The first-order valence-corrected chi connectivity index (χ1v) is 4.98. The Hall–Kier alpha value is -0.260. The van der Waals surface area contributed by atoms with Gasteiger partial charge < -0.3 is 0 Å². The lowest BCUT2D eigenvalue weighted by Gasteiger charge is -2.30. The molecule has 0 amide bonds. The van der Waals surface area contributed by atoms with Gasteiger partial charge in [0.1, 0.15) is 0 Å². The Bertz CT molecular complexity index is 232. The Balaban J connectivity index is 1.94. The molecule has 0 heteroatoms. The summed E-state index contributed by atoms with van der Waals surface area (Å²) in [6, 6.07) is 0. The minimum absolute atomic E-state index is 0.798. The zero-order chi connectivity index (χ0) is 7.64. The summed E-state index contributed by atoms with van der Waals surface area (Å²) in [5.74, 6) is 2.87. The van der Waals surface area contributed by atoms with Gasteiger partial charge in [-0.2, -0.15) is 0 Å². The van der Waals surface area contributed by atoms with Crippen LogP contribution < -0.4 is 0 Å². The predicted molar refractivity (Wildman–Crippen MR) is 46.2 cm³/mol. The summed E-state index contributed by atoms with van der Waals surface area (Å²) < 4.78 is 0. The molecular weight excluding hydrogens is 132 g/mol. The molecule has 0 aromatic rings. The Kier molecular flexibility index (Phi) is 0.898. The van der Waals surface area contributed by atoms with E-state index in [4.69, 9.17) is 0 Å². The average molecular weight is 148 g/mol. The van der Waals surface area contributed by atoms with Crippen LogP contribution in [0.1, 0.15) is 33.1 Å². The highest BCUT2D eigenvalue weighted by atomic mass is 14.7. The van der Waals surface area contributed by atoms with Crippen molar-refractivity contribution in [3.63, 3.8) is 0 Å². The molecule has 2 fully saturated rings. The van der Waals surface area contributed by atoms with Gasteiger partial charge in [0.2, 0.25) is 0 Å². The first kappa shape index (κ1) is 6.28. The van der Waals surface area contributed by atoms with E-state index >= 15 is 0 Å². The van der Waals surface area contributed by atoms with Gasteiger partial charge in [0.05, 0.1) is 0 Å². The van der Waals surface area contributed by atoms with E-state index in [9.17, 15) is 0 Å². The van der Waals surface area contributed by atoms with Gasteiger partial charge in [-0.25, -0.2) is 0 Å². The summed E-state index contributed by atoms with van der Waals surface area (Å²) in [6.07, 6.45) is 7.09. The van der Waals surface area contributed by atoms with Crippen LogP contribution in [0.2, 0.25) is 0 Å². The Labute approximate surface area is 68.7 Å². The maximum atomic E-state index is 2.56. The molecule has 0 aliphatic heterocycles. The number of hydrogen-bond donors (Lipinski definition) is 0. The average Bonchev–Trinajstić information content (AvgIpc) is 2.46. The number of rotatable bonds is 0. The van der Waals surface area contributed by atoms with Gasteiger partial charge in [-0.05, 0) is 36.0 Å². The molecule has 0 N–H and O–H groups in total. The summed E-state index contributed by atoms with van der Waals surface area (Å²) in [5.41, 5.74) is 2.65. The third-order valence-electron chi connectivity index (χ3n) is 4.47. The molecule has 0 bridgehead atoms. The van der Waals surface area contributed by atoms with Crippen LogP contribution in [0.4, 0.5) is 0 Å². The van der Waals surface area contributed by atoms with Gasteiger partial charge >= 0.3 is 0 Å². The normalized spacial score (nSPS) is 50.0. The van der Waals surface area contributed by atoms with Crippen molar-refractivity contribution in [2.75, 3.05) is 0 Å². The van der Waals surface area contributed by atoms with E-state index in [0.717, 1.165) is 23.2 Å². The van der Waals surface area contributed by atoms with Crippen molar-refractivity contribution in [3.05, 3.63) is 11.6 Å². The fourth-order valence-electron chi connectivity index (χ4n) is 3.43. The molecule has 0 aromatic carbocycles. The number of hydrogen-bond acceptors (Lipinski definition) is 0. The molecule has 11 heavy (non-hydrogen) atoms. The third-order valence-corrected chi connectivity index (χ3v) is 4.47. The summed E-state index contributed by atoms with van der Waals surface area (Å²) in [5, 5.41) is 0. The quantitative estimate of drug-likeness (QED) is 0.463. The Morgan fingerprint density at radius 1 is 1.36 bits per heavy atom. The third kappa shape index (κ3) is 0.513. The van der Waals surface area contributed by atoms with Crippen molar-refractivity contribution in [2.24, 2.45) is 23.2 Å². The molecule has 3 aliphatic carbocycles. The second-order valence-electron chi connectivity index (χ2n) is 4.83. The molecule has 0 radical (unpaired) electrons. The largest absolute Gasteiger partial charge is 0.0813 e. The summed E-state index contributed by atoms with van der Waals surface area (Å²) in [6.45, 7) is 4.81. The molecule has 3 atom stereocenters. The van der Waals surface area contributed by atoms with Crippen molar-refractivity contribution in [3.8, 4) is 0 Å². The van der Waals surface area contributed by atoms with Crippen molar-refractivity contribution in [1.29, 1.82) is 0 Å². The number of allylic oxidation sites excluding steroid dienone is 2. The van der Waals surface area contributed by atoms with E-state index in [0.29, 0.717) is 0 Å². The summed E-state index contributed by atoms with van der Waals surface area (Å²) >= 11 is 0. The summed E-state index contributed by atoms with van der Waals surface area (Å²) in [4.78, 5) is 0. The highest BCUT2D eigenvalue weighted by Crippen LogP contribution is 2.75. The van der Waals surface area contributed by atoms with Crippen LogP contribution in [-0.2, 0) is 0 Å². The highest BCUT2D eigenvalue weighted by molar-refractivity contribution is 5.46. The molecule has 2 saturated carbocycles. The Morgan fingerprint density at radius 3 is 2.45 bits per heavy atom. The topological polar surface area (TPSA) is 0 Å². The van der Waals surface area contributed by atoms with Gasteiger partial charge in [-0.15, -0.1) is 0 Å². The fraction of sp³-hybridized carbons (Fsp3) is 0.818. The zero-order valence-electron chi connectivity index (χ0n) is 7.43. The van der Waals surface area contributed by atoms with Crippen molar-refractivity contribution >= 4 is 0 Å². The SMILES string of the molecule is CC1C=C2C(C1C)C21CCC1. The lowest BCUT2D eigenvalue weighted by atomic mass is 9.74. The van der Waals surface area contributed by atoms with Crippen LogP contribution in [0.3, 0.4) is 0 Å². The van der Waals surface area contributed by atoms with Crippen molar-refractivity contribution < 1.29 is 0 Å². The minimum Gasteiger partial charge on any atom is -0.0813 e. The van der Waals surface area contributed by atoms with E-state index in [1.54, 1.807) is 0 Å². The monoisotopic (exact) mass is 148 g/mol. The van der Waals surface area contributed by atoms with Crippen LogP contribution in [0, 0.1) is 23.2 Å². The first-order chi connectivity index (χ1) is 5.26. The Morgan fingerprint density at radius 2 is 2.09 bits per heavy atom. The zero-order valence-corrected chi connectivity index (χ0v) is 7.43. The molecule has 0 saturated heterocycles. The standard InChI is InChI=1S/C11H16/c1-7-6-9-10(8(7)2)11(9)4-3-5-11/h6-8,10H,3-5H2,1-2H3. The van der Waals surface area contributed by atoms with Gasteiger partial charge in [0, 0.05) is 0 Å². The van der Waals surface area contributed by atoms with Gasteiger partial charge in [-0.3, -0.25) is 0 Å². The van der Waals surface area contributed by atoms with E-state index in [-0.39, 0.29) is 0 Å². The van der Waals surface area contributed by atoms with Crippen molar-refractivity contribution in [2.45, 2.75) is 33.1 Å². The second kappa shape index (κ2) is 1.57. The summed E-state index contributed by atoms with van der Waals surface area (Å²) in [7, 11) is 0. The van der Waals surface area contributed by atoms with Gasteiger partial charge in [0.15, 0.2) is 0 Å². The molecule has 0 nitrogen and oxygen atoms in total. The van der Waals surface area contributed by atoms with Crippen molar-refractivity contribution in [1.82, 2.24) is 0 Å². The van der Waals surface area contributed by atoms with E-state index in [1.165, 1.54) is 19.3 Å². The van der Waals surface area contributed by atoms with Crippen LogP contribution in [0.15, 0.2) is 11.6 Å². The fourth-order valence-corrected chi connectivity index (χ4v) is 3.43. The smallest absolute Gasteiger partial charge is 0.00164 e. The number of fused-ring (bicyclic) bond motifs is 3. The lowest BCUT2D eigenvalue weighted by Crippen LogP contribution is -2.21. The van der Waals surface area contributed by atoms with Gasteiger partial charge in [0.25, 0.3) is 0 Å². The lowest BCUT2D eigenvalue weighted by molar-refractivity contribution is 0.215. The molecule has 60 valence electrons. The molecule has 0 aromatic heterocycles. The molecule has 0 heterocycles.